The predicted molar refractivity (Wildman–Crippen MR) is 106 cm³/mol. The largest absolute Gasteiger partial charge is 0.467 e. The fourth-order valence-electron chi connectivity index (χ4n) is 8.31. The Kier molecular flexibility index (Phi) is 4.02. The summed E-state index contributed by atoms with van der Waals surface area (Å²) in [6.07, 6.45) is -2.12. The molecule has 3 N–H and O–H groups in total. The summed E-state index contributed by atoms with van der Waals surface area (Å²) >= 11 is 0. The van der Waals surface area contributed by atoms with Gasteiger partial charge in [-0.05, 0) is 29.7 Å². The van der Waals surface area contributed by atoms with Gasteiger partial charge in [0.05, 0.1) is 25.7 Å². The number of ether oxygens (including phenoxy) is 4. The predicted octanol–water partition coefficient (Wildman–Crippen LogP) is -0.788. The number of hydrogen-bond acceptors (Lipinski definition) is 10. The maximum absolute atomic E-state index is 13.0. The van der Waals surface area contributed by atoms with E-state index in [9.17, 15) is 29.7 Å². The maximum Gasteiger partial charge on any atom is 0.341 e. The van der Waals surface area contributed by atoms with Gasteiger partial charge in [0, 0.05) is 23.0 Å². The number of carbonyl (C=O) groups excluding carboxylic acids is 3. The van der Waals surface area contributed by atoms with Crippen LogP contribution in [0, 0.1) is 34.5 Å². The summed E-state index contributed by atoms with van der Waals surface area (Å²) in [5, 5.41) is 33.8. The van der Waals surface area contributed by atoms with Crippen LogP contribution in [0.4, 0.5) is 0 Å². The molecule has 4 fully saturated rings. The van der Waals surface area contributed by atoms with Crippen LogP contribution in [0.5, 0.6) is 0 Å². The van der Waals surface area contributed by atoms with Gasteiger partial charge in [0.2, 0.25) is 0 Å². The number of fused-ring (bicyclic) bond motifs is 3. The van der Waals surface area contributed by atoms with E-state index in [4.69, 9.17) is 18.9 Å². The zero-order valence-corrected chi connectivity index (χ0v) is 18.4. The van der Waals surface area contributed by atoms with Crippen LogP contribution in [0.25, 0.3) is 0 Å². The van der Waals surface area contributed by atoms with E-state index in [-0.39, 0.29) is 18.4 Å². The number of carbonyl (C=O) groups is 3. The topological polar surface area (TPSA) is 149 Å². The van der Waals surface area contributed by atoms with E-state index in [2.05, 4.69) is 0 Å². The smallest absolute Gasteiger partial charge is 0.341 e. The van der Waals surface area contributed by atoms with Gasteiger partial charge in [-0.3, -0.25) is 0 Å². The summed E-state index contributed by atoms with van der Waals surface area (Å²) in [7, 11) is 1.12. The van der Waals surface area contributed by atoms with E-state index < -0.39 is 70.6 Å². The van der Waals surface area contributed by atoms with Gasteiger partial charge < -0.3 is 34.3 Å². The molecule has 0 aromatic carbocycles. The second-order valence-electron chi connectivity index (χ2n) is 10.5. The first-order valence-electron chi connectivity index (χ1n) is 11.2. The van der Waals surface area contributed by atoms with Crippen molar-refractivity contribution in [2.24, 2.45) is 34.5 Å². The van der Waals surface area contributed by atoms with Crippen molar-refractivity contribution in [3.05, 3.63) is 23.5 Å². The molecule has 3 aliphatic carbocycles. The van der Waals surface area contributed by atoms with Gasteiger partial charge >= 0.3 is 17.9 Å². The van der Waals surface area contributed by atoms with Gasteiger partial charge in [-0.1, -0.05) is 13.8 Å². The average Bonchev–Trinajstić information content (AvgIpc) is 3.29. The lowest BCUT2D eigenvalue weighted by atomic mass is 9.38. The molecule has 2 saturated heterocycles. The zero-order valence-electron chi connectivity index (χ0n) is 18.4. The van der Waals surface area contributed by atoms with E-state index in [1.54, 1.807) is 0 Å². The van der Waals surface area contributed by atoms with Crippen molar-refractivity contribution in [2.75, 3.05) is 13.7 Å². The molecule has 11 atom stereocenters. The molecule has 2 bridgehead atoms. The lowest BCUT2D eigenvalue weighted by Crippen LogP contribution is -2.78. The molecule has 3 aliphatic heterocycles. The lowest BCUT2D eigenvalue weighted by molar-refractivity contribution is -0.287. The summed E-state index contributed by atoms with van der Waals surface area (Å²) in [5.41, 5.74) is -3.35. The van der Waals surface area contributed by atoms with Gasteiger partial charge in [0.1, 0.15) is 18.0 Å². The second-order valence-corrected chi connectivity index (χ2v) is 10.5. The molecule has 178 valence electrons. The van der Waals surface area contributed by atoms with E-state index in [1.807, 2.05) is 19.9 Å². The number of aliphatic hydroxyl groups excluding tert-OH is 3. The molecule has 1 spiro atoms. The number of rotatable bonds is 1. The number of esters is 3. The summed E-state index contributed by atoms with van der Waals surface area (Å²) in [4.78, 5) is 37.7. The van der Waals surface area contributed by atoms with E-state index in [0.29, 0.717) is 12.2 Å². The van der Waals surface area contributed by atoms with Crippen LogP contribution in [0.1, 0.15) is 20.3 Å². The quantitative estimate of drug-likeness (QED) is 0.334. The highest BCUT2D eigenvalue weighted by atomic mass is 16.6. The molecule has 0 radical (unpaired) electrons. The first-order valence-corrected chi connectivity index (χ1v) is 11.2. The van der Waals surface area contributed by atoms with Crippen LogP contribution in [0.15, 0.2) is 23.5 Å². The third-order valence-electron chi connectivity index (χ3n) is 9.45. The van der Waals surface area contributed by atoms with Gasteiger partial charge in [0.15, 0.2) is 11.7 Å². The van der Waals surface area contributed by atoms with Crippen LogP contribution in [0.3, 0.4) is 0 Å². The molecule has 1 unspecified atom stereocenters. The SMILES string of the molecule is COC(=O)C12OC[C@]34[C@H]([C@@H](O)[C@@H]1O)[C@@]1(C)C=C5OC(=O)C=C5[C@@H](C)[C@@H]1C[C@H]3OC(=O)[C@H](O)[C@@H]24. The van der Waals surface area contributed by atoms with Gasteiger partial charge in [0.25, 0.3) is 0 Å². The summed E-state index contributed by atoms with van der Waals surface area (Å²) in [6, 6.07) is 0. The Morgan fingerprint density at radius 1 is 1.21 bits per heavy atom. The monoisotopic (exact) mass is 462 g/mol. The highest BCUT2D eigenvalue weighted by Gasteiger charge is 2.84. The van der Waals surface area contributed by atoms with Crippen molar-refractivity contribution in [3.63, 3.8) is 0 Å². The molecular weight excluding hydrogens is 436 g/mol. The van der Waals surface area contributed by atoms with Crippen molar-refractivity contribution < 1.29 is 48.7 Å². The van der Waals surface area contributed by atoms with E-state index in [1.165, 1.54) is 6.08 Å². The first kappa shape index (κ1) is 21.3. The molecule has 10 heteroatoms. The summed E-state index contributed by atoms with van der Waals surface area (Å²) < 4.78 is 22.0. The van der Waals surface area contributed by atoms with Crippen LogP contribution in [-0.4, -0.2) is 77.0 Å². The minimum Gasteiger partial charge on any atom is -0.467 e. The van der Waals surface area contributed by atoms with Crippen LogP contribution >= 0.6 is 0 Å². The molecular formula is C23H26O10. The molecule has 33 heavy (non-hydrogen) atoms. The molecule has 3 heterocycles. The molecule has 6 rings (SSSR count). The van der Waals surface area contributed by atoms with E-state index >= 15 is 0 Å². The molecule has 6 aliphatic rings. The molecule has 0 amide bonds. The van der Waals surface area contributed by atoms with Crippen LogP contribution in [0.2, 0.25) is 0 Å². The Labute approximate surface area is 189 Å². The standard InChI is InChI=1S/C23H26O10/c1-8-9-4-13(24)32-11(9)6-21(2)10(8)5-12-22-7-31-23(20(29)30-3,18(27)14(25)16(21)22)17(22)15(26)19(28)33-12/h4,6,8,10,12,14-18,25-27H,5,7H2,1-3H3/t8-,10+,12-,14-,15-,16-,17-,18+,21+,22-,23?/m1/s1. The normalized spacial score (nSPS) is 53.6. The molecule has 0 aromatic rings. The summed E-state index contributed by atoms with van der Waals surface area (Å²) in [6.45, 7) is 3.75. The number of aliphatic hydroxyl groups is 3. The molecule has 10 nitrogen and oxygen atoms in total. The van der Waals surface area contributed by atoms with Gasteiger partial charge in [-0.2, -0.15) is 0 Å². The first-order chi connectivity index (χ1) is 15.5. The fraction of sp³-hybridized carbons (Fsp3) is 0.696. The highest BCUT2D eigenvalue weighted by molar-refractivity contribution is 5.89. The van der Waals surface area contributed by atoms with Crippen molar-refractivity contribution in [1.29, 1.82) is 0 Å². The highest BCUT2D eigenvalue weighted by Crippen LogP contribution is 2.72. The Balaban J connectivity index is 1.60. The van der Waals surface area contributed by atoms with Gasteiger partial charge in [-0.15, -0.1) is 0 Å². The average molecular weight is 462 g/mol. The van der Waals surface area contributed by atoms with E-state index in [0.717, 1.165) is 12.7 Å². The van der Waals surface area contributed by atoms with Gasteiger partial charge in [-0.25, -0.2) is 14.4 Å². The maximum atomic E-state index is 13.0. The summed E-state index contributed by atoms with van der Waals surface area (Å²) in [5.74, 6) is -4.21. The van der Waals surface area contributed by atoms with Crippen molar-refractivity contribution in [1.82, 2.24) is 0 Å². The Morgan fingerprint density at radius 2 is 1.94 bits per heavy atom. The Hall–Kier alpha value is -2.27. The van der Waals surface area contributed by atoms with Crippen LogP contribution < -0.4 is 0 Å². The lowest BCUT2D eigenvalue weighted by Gasteiger charge is -2.67. The Morgan fingerprint density at radius 3 is 2.64 bits per heavy atom. The Bertz CT molecular complexity index is 1050. The third-order valence-corrected chi connectivity index (χ3v) is 9.45. The molecule has 2 saturated carbocycles. The molecule has 0 aromatic heterocycles. The minimum absolute atomic E-state index is 0.122. The zero-order chi connectivity index (χ0) is 23.7. The van der Waals surface area contributed by atoms with Crippen LogP contribution in [-0.2, 0) is 33.3 Å². The van der Waals surface area contributed by atoms with Crippen molar-refractivity contribution in [2.45, 2.75) is 50.3 Å². The number of hydrogen-bond donors (Lipinski definition) is 3. The number of methoxy groups -OCH3 is 1. The minimum atomic E-state index is -2.11. The second kappa shape index (κ2) is 6.24. The third kappa shape index (κ3) is 2.12. The van der Waals surface area contributed by atoms with Crippen molar-refractivity contribution in [3.8, 4) is 0 Å². The fourth-order valence-corrected chi connectivity index (χ4v) is 8.31. The van der Waals surface area contributed by atoms with Crippen molar-refractivity contribution >= 4 is 17.9 Å². The number of allylic oxidation sites excluding steroid dienone is 2.